The van der Waals surface area contributed by atoms with E-state index in [9.17, 15) is 4.79 Å². The Morgan fingerprint density at radius 1 is 1.69 bits per heavy atom. The van der Waals surface area contributed by atoms with Crippen LogP contribution < -0.4 is 5.32 Å². The predicted molar refractivity (Wildman–Crippen MR) is 53.2 cm³/mol. The van der Waals surface area contributed by atoms with Crippen LogP contribution in [0.25, 0.3) is 0 Å². The van der Waals surface area contributed by atoms with Crippen LogP contribution in [0.2, 0.25) is 0 Å². The monoisotopic (exact) mass is 185 g/mol. The molecule has 0 radical (unpaired) electrons. The molecule has 3 heteroatoms. The summed E-state index contributed by atoms with van der Waals surface area (Å²) in [6, 6.07) is 0. The normalized spacial score (nSPS) is 11.8. The molecule has 76 valence electrons. The van der Waals surface area contributed by atoms with Crippen LogP contribution in [-0.4, -0.2) is 19.1 Å². The third-order valence-corrected chi connectivity index (χ3v) is 1.92. The molecule has 0 aromatic rings. The number of amides is 1. The highest BCUT2D eigenvalue weighted by Crippen LogP contribution is 1.99. The Bertz CT molecular complexity index is 157. The van der Waals surface area contributed by atoms with Gasteiger partial charge in [0.2, 0.25) is 5.91 Å². The van der Waals surface area contributed by atoms with Gasteiger partial charge in [-0.2, -0.15) is 0 Å². The highest BCUT2D eigenvalue weighted by molar-refractivity contribution is 5.78. The van der Waals surface area contributed by atoms with Crippen molar-refractivity contribution in [2.75, 3.05) is 13.2 Å². The Labute approximate surface area is 80.2 Å². The molecule has 0 aliphatic rings. The second-order valence-electron chi connectivity index (χ2n) is 2.99. The predicted octanol–water partition coefficient (Wildman–Crippen LogP) is 1.70. The summed E-state index contributed by atoms with van der Waals surface area (Å²) < 4.78 is 4.91. The first-order valence-corrected chi connectivity index (χ1v) is 4.72. The summed E-state index contributed by atoms with van der Waals surface area (Å²) in [5, 5.41) is 2.84. The average molecular weight is 185 g/mol. The number of ether oxygens (including phenoxy) is 1. The van der Waals surface area contributed by atoms with Crippen molar-refractivity contribution < 1.29 is 9.53 Å². The summed E-state index contributed by atoms with van der Waals surface area (Å²) in [5.74, 6) is 0.237. The van der Waals surface area contributed by atoms with E-state index in [1.54, 1.807) is 0 Å². The molecule has 0 saturated carbocycles. The van der Waals surface area contributed by atoms with Crippen LogP contribution in [0.4, 0.5) is 0 Å². The highest BCUT2D eigenvalue weighted by Gasteiger charge is 2.08. The second-order valence-corrected chi connectivity index (χ2v) is 2.99. The number of carbonyl (C=O) groups excluding carboxylic acids is 1. The first-order chi connectivity index (χ1) is 6.22. The first kappa shape index (κ1) is 12.0. The van der Waals surface area contributed by atoms with Gasteiger partial charge in [0.25, 0.3) is 0 Å². The van der Waals surface area contributed by atoms with Crippen molar-refractivity contribution in [3.8, 4) is 0 Å². The SMILES string of the molecule is C=COCCCNC(=O)C(C)CC. The number of hydrogen-bond donors (Lipinski definition) is 1. The molecule has 0 heterocycles. The van der Waals surface area contributed by atoms with Gasteiger partial charge in [-0.1, -0.05) is 20.4 Å². The summed E-state index contributed by atoms with van der Waals surface area (Å²) in [4.78, 5) is 11.2. The molecule has 13 heavy (non-hydrogen) atoms. The molecule has 0 saturated heterocycles. The molecule has 1 unspecified atom stereocenters. The van der Waals surface area contributed by atoms with E-state index in [0.717, 1.165) is 12.8 Å². The summed E-state index contributed by atoms with van der Waals surface area (Å²) >= 11 is 0. The van der Waals surface area contributed by atoms with Gasteiger partial charge in [0.05, 0.1) is 12.9 Å². The lowest BCUT2D eigenvalue weighted by Gasteiger charge is -2.09. The van der Waals surface area contributed by atoms with Crippen molar-refractivity contribution in [3.63, 3.8) is 0 Å². The minimum atomic E-state index is 0.111. The van der Waals surface area contributed by atoms with E-state index < -0.39 is 0 Å². The summed E-state index contributed by atoms with van der Waals surface area (Å²) in [7, 11) is 0. The fourth-order valence-electron chi connectivity index (χ4n) is 0.810. The molecular weight excluding hydrogens is 166 g/mol. The van der Waals surface area contributed by atoms with E-state index in [0.29, 0.717) is 13.2 Å². The summed E-state index contributed by atoms with van der Waals surface area (Å²) in [6.07, 6.45) is 3.12. The lowest BCUT2D eigenvalue weighted by atomic mass is 10.1. The zero-order valence-electron chi connectivity index (χ0n) is 8.51. The third-order valence-electron chi connectivity index (χ3n) is 1.92. The molecule has 0 aliphatic carbocycles. The van der Waals surface area contributed by atoms with E-state index in [4.69, 9.17) is 4.74 Å². The average Bonchev–Trinajstić information content (AvgIpc) is 2.16. The van der Waals surface area contributed by atoms with Gasteiger partial charge < -0.3 is 10.1 Å². The van der Waals surface area contributed by atoms with Crippen molar-refractivity contribution in [1.29, 1.82) is 0 Å². The van der Waals surface area contributed by atoms with Crippen LogP contribution in [0.3, 0.4) is 0 Å². The zero-order chi connectivity index (χ0) is 10.1. The molecule has 1 N–H and O–H groups in total. The van der Waals surface area contributed by atoms with E-state index in [1.807, 2.05) is 13.8 Å². The zero-order valence-corrected chi connectivity index (χ0v) is 8.51. The van der Waals surface area contributed by atoms with E-state index in [1.165, 1.54) is 6.26 Å². The Morgan fingerprint density at radius 3 is 2.92 bits per heavy atom. The van der Waals surface area contributed by atoms with Crippen LogP contribution >= 0.6 is 0 Å². The molecule has 0 spiro atoms. The molecule has 1 amide bonds. The number of hydrogen-bond acceptors (Lipinski definition) is 2. The Hall–Kier alpha value is -0.990. The van der Waals surface area contributed by atoms with E-state index >= 15 is 0 Å². The minimum absolute atomic E-state index is 0.111. The lowest BCUT2D eigenvalue weighted by Crippen LogP contribution is -2.30. The van der Waals surface area contributed by atoms with Crippen molar-refractivity contribution in [2.45, 2.75) is 26.7 Å². The molecule has 3 nitrogen and oxygen atoms in total. The van der Waals surface area contributed by atoms with Gasteiger partial charge in [-0.3, -0.25) is 4.79 Å². The molecule has 0 fully saturated rings. The maximum absolute atomic E-state index is 11.2. The van der Waals surface area contributed by atoms with Gasteiger partial charge in [0.15, 0.2) is 0 Å². The molecule has 1 atom stereocenters. The maximum atomic E-state index is 11.2. The van der Waals surface area contributed by atoms with Crippen LogP contribution in [0.15, 0.2) is 12.8 Å². The van der Waals surface area contributed by atoms with Gasteiger partial charge in [0.1, 0.15) is 0 Å². The van der Waals surface area contributed by atoms with Gasteiger partial charge >= 0.3 is 0 Å². The molecule has 0 rings (SSSR count). The van der Waals surface area contributed by atoms with Gasteiger partial charge in [0, 0.05) is 12.5 Å². The Morgan fingerprint density at radius 2 is 2.38 bits per heavy atom. The van der Waals surface area contributed by atoms with Crippen molar-refractivity contribution in [2.24, 2.45) is 5.92 Å². The van der Waals surface area contributed by atoms with Crippen LogP contribution in [0, 0.1) is 5.92 Å². The fourth-order valence-corrected chi connectivity index (χ4v) is 0.810. The van der Waals surface area contributed by atoms with Gasteiger partial charge in [-0.05, 0) is 12.8 Å². The molecule has 0 aliphatic heterocycles. The van der Waals surface area contributed by atoms with Crippen LogP contribution in [0.1, 0.15) is 26.7 Å². The van der Waals surface area contributed by atoms with Crippen LogP contribution in [0.5, 0.6) is 0 Å². The maximum Gasteiger partial charge on any atom is 0.222 e. The van der Waals surface area contributed by atoms with Gasteiger partial charge in [-0.25, -0.2) is 0 Å². The van der Waals surface area contributed by atoms with Crippen molar-refractivity contribution in [1.82, 2.24) is 5.32 Å². The second kappa shape index (κ2) is 7.65. The first-order valence-electron chi connectivity index (χ1n) is 4.72. The number of nitrogens with one attached hydrogen (secondary N) is 1. The quantitative estimate of drug-likeness (QED) is 0.484. The topological polar surface area (TPSA) is 38.3 Å². The number of carbonyl (C=O) groups is 1. The third kappa shape index (κ3) is 6.20. The largest absolute Gasteiger partial charge is 0.502 e. The fraction of sp³-hybridized carbons (Fsp3) is 0.700. The highest BCUT2D eigenvalue weighted by atomic mass is 16.5. The standard InChI is InChI=1S/C10H19NO2/c1-4-9(3)10(12)11-7-6-8-13-5-2/h5,9H,2,4,6-8H2,1,3H3,(H,11,12). The molecule has 0 bridgehead atoms. The Balaban J connectivity index is 3.31. The van der Waals surface area contributed by atoms with E-state index in [-0.39, 0.29) is 11.8 Å². The lowest BCUT2D eigenvalue weighted by molar-refractivity contribution is -0.124. The summed E-state index contributed by atoms with van der Waals surface area (Å²) in [5.41, 5.74) is 0. The van der Waals surface area contributed by atoms with Crippen molar-refractivity contribution in [3.05, 3.63) is 12.8 Å². The minimum Gasteiger partial charge on any atom is -0.502 e. The van der Waals surface area contributed by atoms with Gasteiger partial charge in [-0.15, -0.1) is 0 Å². The molecule has 0 aromatic heterocycles. The Kier molecular flexibility index (Phi) is 7.07. The van der Waals surface area contributed by atoms with Crippen LogP contribution in [-0.2, 0) is 9.53 Å². The smallest absolute Gasteiger partial charge is 0.222 e. The molecular formula is C10H19NO2. The summed E-state index contributed by atoms with van der Waals surface area (Å²) in [6.45, 7) is 8.65. The van der Waals surface area contributed by atoms with Crippen molar-refractivity contribution >= 4 is 5.91 Å². The molecule has 0 aromatic carbocycles. The van der Waals surface area contributed by atoms with E-state index in [2.05, 4.69) is 11.9 Å². The number of rotatable bonds is 7.